The minimum Gasteiger partial charge on any atom is -0.495 e. The van der Waals surface area contributed by atoms with Crippen molar-refractivity contribution in [1.82, 2.24) is 0 Å². The number of methoxy groups -OCH3 is 1. The molecule has 4 nitrogen and oxygen atoms in total. The van der Waals surface area contributed by atoms with Crippen molar-refractivity contribution in [2.24, 2.45) is 0 Å². The Bertz CT molecular complexity index is 454. The van der Waals surface area contributed by atoms with E-state index in [0.717, 1.165) is 5.56 Å². The van der Waals surface area contributed by atoms with Crippen molar-refractivity contribution in [2.75, 3.05) is 13.7 Å². The second-order valence-electron chi connectivity index (χ2n) is 3.33. The van der Waals surface area contributed by atoms with Crippen LogP contribution in [0.5, 0.6) is 5.75 Å². The lowest BCUT2D eigenvalue weighted by Gasteiger charge is -2.10. The molecule has 0 radical (unpaired) electrons. The zero-order valence-corrected chi connectivity index (χ0v) is 11.5. The number of hydrogen-bond donors (Lipinski definition) is 0. The molecule has 0 saturated carbocycles. The highest BCUT2D eigenvalue weighted by Crippen LogP contribution is 2.32. The van der Waals surface area contributed by atoms with Gasteiger partial charge in [-0.05, 0) is 41.4 Å². The summed E-state index contributed by atoms with van der Waals surface area (Å²) in [7, 11) is 1.51. The summed E-state index contributed by atoms with van der Waals surface area (Å²) in [5.41, 5.74) is 1.12. The van der Waals surface area contributed by atoms with Crippen LogP contribution in [0, 0.1) is 6.92 Å². The number of halogens is 1. The van der Waals surface area contributed by atoms with Crippen molar-refractivity contribution in [3.8, 4) is 5.75 Å². The molecule has 5 heteroatoms. The van der Waals surface area contributed by atoms with Crippen molar-refractivity contribution < 1.29 is 19.1 Å². The number of carbonyl (C=O) groups is 2. The summed E-state index contributed by atoms with van der Waals surface area (Å²) in [5.74, 6) is -1.00. The fraction of sp³-hybridized carbons (Fsp3) is 0.333. The molecule has 0 atom stereocenters. The SMILES string of the molecule is CCOC(=O)C(=O)c1ccc(C)c(OC)c1Br. The van der Waals surface area contributed by atoms with Gasteiger partial charge in [-0.2, -0.15) is 0 Å². The Morgan fingerprint density at radius 1 is 1.35 bits per heavy atom. The molecule has 0 heterocycles. The average Bonchev–Trinajstić information content (AvgIpc) is 2.29. The van der Waals surface area contributed by atoms with E-state index in [1.54, 1.807) is 19.1 Å². The number of ketones is 1. The molecule has 0 bridgehead atoms. The highest BCUT2D eigenvalue weighted by molar-refractivity contribution is 9.10. The summed E-state index contributed by atoms with van der Waals surface area (Å²) in [5, 5.41) is 0. The van der Waals surface area contributed by atoms with E-state index in [1.165, 1.54) is 7.11 Å². The van der Waals surface area contributed by atoms with Gasteiger partial charge in [0, 0.05) is 5.56 Å². The molecule has 0 aliphatic rings. The molecule has 0 N–H and O–H groups in total. The van der Waals surface area contributed by atoms with Gasteiger partial charge in [0.2, 0.25) is 0 Å². The number of rotatable bonds is 4. The van der Waals surface area contributed by atoms with Gasteiger partial charge in [-0.15, -0.1) is 0 Å². The number of hydrogen-bond acceptors (Lipinski definition) is 4. The van der Waals surface area contributed by atoms with Gasteiger partial charge >= 0.3 is 5.97 Å². The van der Waals surface area contributed by atoms with Gasteiger partial charge in [0.15, 0.2) is 0 Å². The molecule has 0 fully saturated rings. The van der Waals surface area contributed by atoms with Crippen molar-refractivity contribution >= 4 is 27.7 Å². The highest BCUT2D eigenvalue weighted by atomic mass is 79.9. The molecule has 0 unspecified atom stereocenters. The third-order valence-electron chi connectivity index (χ3n) is 2.20. The quantitative estimate of drug-likeness (QED) is 0.487. The molecule has 0 saturated heterocycles. The molecule has 0 aromatic heterocycles. The maximum absolute atomic E-state index is 11.8. The topological polar surface area (TPSA) is 52.6 Å². The first-order chi connectivity index (χ1) is 8.02. The Morgan fingerprint density at radius 2 is 2.00 bits per heavy atom. The molecule has 92 valence electrons. The standard InChI is InChI=1S/C12H13BrO4/c1-4-17-12(15)10(14)8-6-5-7(2)11(16-3)9(8)13/h5-6H,4H2,1-3H3. The number of carbonyl (C=O) groups excluding carboxylic acids is 2. The van der Waals surface area contributed by atoms with E-state index in [-0.39, 0.29) is 12.2 Å². The van der Waals surface area contributed by atoms with Gasteiger partial charge in [0.1, 0.15) is 5.75 Å². The van der Waals surface area contributed by atoms with Crippen LogP contribution in [0.25, 0.3) is 0 Å². The van der Waals surface area contributed by atoms with Gasteiger partial charge < -0.3 is 9.47 Å². The third kappa shape index (κ3) is 2.85. The van der Waals surface area contributed by atoms with Crippen LogP contribution in [-0.2, 0) is 9.53 Å². The highest BCUT2D eigenvalue weighted by Gasteiger charge is 2.22. The molecule has 1 aromatic rings. The third-order valence-corrected chi connectivity index (χ3v) is 2.99. The van der Waals surface area contributed by atoms with Crippen LogP contribution >= 0.6 is 15.9 Å². The second-order valence-corrected chi connectivity index (χ2v) is 4.12. The number of ether oxygens (including phenoxy) is 2. The lowest BCUT2D eigenvalue weighted by atomic mass is 10.1. The molecule has 1 aromatic carbocycles. The summed E-state index contributed by atoms with van der Waals surface area (Å²) in [6.45, 7) is 3.67. The Morgan fingerprint density at radius 3 is 2.53 bits per heavy atom. The van der Waals surface area contributed by atoms with E-state index >= 15 is 0 Å². The van der Waals surface area contributed by atoms with E-state index < -0.39 is 11.8 Å². The van der Waals surface area contributed by atoms with Crippen molar-refractivity contribution in [1.29, 1.82) is 0 Å². The first-order valence-corrected chi connectivity index (χ1v) is 5.86. The van der Waals surface area contributed by atoms with E-state index in [0.29, 0.717) is 10.2 Å². The number of benzene rings is 1. The summed E-state index contributed by atoms with van der Waals surface area (Å²) in [6, 6.07) is 3.29. The molecule has 17 heavy (non-hydrogen) atoms. The van der Waals surface area contributed by atoms with Gasteiger partial charge in [0.05, 0.1) is 18.2 Å². The first kappa shape index (κ1) is 13.7. The van der Waals surface area contributed by atoms with Crippen LogP contribution < -0.4 is 4.74 Å². The maximum atomic E-state index is 11.8. The number of Topliss-reactive ketones (excluding diaryl/α,β-unsaturated/α-hetero) is 1. The van der Waals surface area contributed by atoms with Crippen LogP contribution in [0.4, 0.5) is 0 Å². The lowest BCUT2D eigenvalue weighted by molar-refractivity contribution is -0.137. The Hall–Kier alpha value is -1.36. The van der Waals surface area contributed by atoms with E-state index in [9.17, 15) is 9.59 Å². The molecule has 0 amide bonds. The zero-order valence-electron chi connectivity index (χ0n) is 9.87. The predicted molar refractivity (Wildman–Crippen MR) is 66.4 cm³/mol. The van der Waals surface area contributed by atoms with Gasteiger partial charge in [-0.3, -0.25) is 4.79 Å². The number of aryl methyl sites for hydroxylation is 1. The molecule has 0 spiro atoms. The summed E-state index contributed by atoms with van der Waals surface area (Å²) >= 11 is 3.26. The molecular formula is C12H13BrO4. The number of esters is 1. The van der Waals surface area contributed by atoms with Gasteiger partial charge in [-0.1, -0.05) is 6.07 Å². The summed E-state index contributed by atoms with van der Waals surface area (Å²) in [6.07, 6.45) is 0. The van der Waals surface area contributed by atoms with Crippen LogP contribution in [0.1, 0.15) is 22.8 Å². The van der Waals surface area contributed by atoms with Crippen molar-refractivity contribution in [2.45, 2.75) is 13.8 Å². The molecule has 0 aliphatic carbocycles. The minimum atomic E-state index is -0.862. The zero-order chi connectivity index (χ0) is 13.0. The second kappa shape index (κ2) is 5.82. The van der Waals surface area contributed by atoms with Gasteiger partial charge in [-0.25, -0.2) is 4.79 Å². The largest absolute Gasteiger partial charge is 0.495 e. The average molecular weight is 301 g/mol. The Kier molecular flexibility index (Phi) is 4.69. The molecule has 0 aliphatic heterocycles. The summed E-state index contributed by atoms with van der Waals surface area (Å²) < 4.78 is 10.3. The summed E-state index contributed by atoms with van der Waals surface area (Å²) in [4.78, 5) is 23.1. The smallest absolute Gasteiger partial charge is 0.379 e. The normalized spacial score (nSPS) is 9.88. The maximum Gasteiger partial charge on any atom is 0.379 e. The lowest BCUT2D eigenvalue weighted by Crippen LogP contribution is -2.18. The van der Waals surface area contributed by atoms with E-state index in [1.807, 2.05) is 6.92 Å². The first-order valence-electron chi connectivity index (χ1n) is 5.07. The van der Waals surface area contributed by atoms with E-state index in [2.05, 4.69) is 20.7 Å². The monoisotopic (exact) mass is 300 g/mol. The fourth-order valence-electron chi connectivity index (χ4n) is 1.39. The minimum absolute atomic E-state index is 0.172. The molecule has 1 rings (SSSR count). The fourth-order valence-corrected chi connectivity index (χ4v) is 2.17. The van der Waals surface area contributed by atoms with Crippen LogP contribution in [-0.4, -0.2) is 25.5 Å². The van der Waals surface area contributed by atoms with Crippen LogP contribution in [0.3, 0.4) is 0 Å². The van der Waals surface area contributed by atoms with Gasteiger partial charge in [0.25, 0.3) is 5.78 Å². The van der Waals surface area contributed by atoms with Crippen LogP contribution in [0.15, 0.2) is 16.6 Å². The Labute approximate surface area is 108 Å². The molecular weight excluding hydrogens is 288 g/mol. The van der Waals surface area contributed by atoms with Crippen molar-refractivity contribution in [3.05, 3.63) is 27.7 Å². The Balaban J connectivity index is 3.15. The van der Waals surface area contributed by atoms with Crippen molar-refractivity contribution in [3.63, 3.8) is 0 Å². The van der Waals surface area contributed by atoms with Crippen LogP contribution in [0.2, 0.25) is 0 Å². The predicted octanol–water partition coefficient (Wildman–Crippen LogP) is 2.51. The van der Waals surface area contributed by atoms with E-state index in [4.69, 9.17) is 4.74 Å².